The van der Waals surface area contributed by atoms with E-state index in [-0.39, 0.29) is 30.4 Å². The molecule has 5 nitrogen and oxygen atoms in total. The molecule has 31 heavy (non-hydrogen) atoms. The quantitative estimate of drug-likeness (QED) is 0.650. The average Bonchev–Trinajstić information content (AvgIpc) is 2.89. The zero-order chi connectivity index (χ0) is 32.5. The van der Waals surface area contributed by atoms with Gasteiger partial charge in [-0.15, -0.1) is 0 Å². The van der Waals surface area contributed by atoms with Crippen LogP contribution in [0.3, 0.4) is 0 Å². The molecule has 6 heteroatoms. The lowest BCUT2D eigenvalue weighted by Gasteiger charge is -2.37. The number of rotatable bonds is 8. The third-order valence-corrected chi connectivity index (χ3v) is 5.03. The van der Waals surface area contributed by atoms with Crippen molar-refractivity contribution in [2.45, 2.75) is 45.7 Å². The zero-order valence-electron chi connectivity index (χ0n) is 29.3. The summed E-state index contributed by atoms with van der Waals surface area (Å²) in [5.41, 5.74) is 0.437. The third kappa shape index (κ3) is 7.24. The van der Waals surface area contributed by atoms with Crippen LogP contribution in [0, 0.1) is 11.7 Å². The van der Waals surface area contributed by atoms with Crippen LogP contribution in [-0.2, 0) is 13.1 Å². The normalized spacial score (nSPS) is 22.0. The molecular formula is C25H34FN3O2. The molecule has 1 fully saturated rings. The Morgan fingerprint density at radius 2 is 1.94 bits per heavy atom. The van der Waals surface area contributed by atoms with E-state index in [2.05, 4.69) is 10.2 Å². The van der Waals surface area contributed by atoms with E-state index < -0.39 is 62.2 Å². The molecule has 0 atom stereocenters. The summed E-state index contributed by atoms with van der Waals surface area (Å²) in [5, 5.41) is 2.75. The van der Waals surface area contributed by atoms with E-state index in [1.54, 1.807) is 0 Å². The Bertz CT molecular complexity index is 1250. The molecule has 0 spiro atoms. The molecule has 1 aliphatic heterocycles. The topological polar surface area (TPSA) is 44.8 Å². The minimum atomic E-state index is -3.15. The highest BCUT2D eigenvalue weighted by molar-refractivity contribution is 5.74. The summed E-state index contributed by atoms with van der Waals surface area (Å²) in [4.78, 5) is 16.9. The van der Waals surface area contributed by atoms with Crippen LogP contribution in [0.25, 0.3) is 0 Å². The lowest BCUT2D eigenvalue weighted by molar-refractivity contribution is 0.127. The molecule has 1 heterocycles. The number of carbonyl (C=O) groups is 1. The van der Waals surface area contributed by atoms with E-state index in [1.807, 2.05) is 7.05 Å². The Morgan fingerprint density at radius 3 is 2.58 bits per heavy atom. The minimum Gasteiger partial charge on any atom is -0.493 e. The predicted molar refractivity (Wildman–Crippen MR) is 121 cm³/mol. The average molecular weight is 440 g/mol. The van der Waals surface area contributed by atoms with Crippen molar-refractivity contribution in [3.8, 4) is 5.75 Å². The lowest BCUT2D eigenvalue weighted by atomic mass is 10.0. The molecule has 1 N–H and O–H groups in total. The number of nitrogens with one attached hydrogen (secondary N) is 1. The smallest absolute Gasteiger partial charge is 0.318 e. The highest BCUT2D eigenvalue weighted by Crippen LogP contribution is 2.19. The number of nitrogens with zero attached hydrogens (tertiary/aromatic N) is 2. The van der Waals surface area contributed by atoms with Gasteiger partial charge < -0.3 is 19.9 Å². The summed E-state index contributed by atoms with van der Waals surface area (Å²) in [6.07, 6.45) is 1.18. The highest BCUT2D eigenvalue weighted by atomic mass is 19.1. The number of halogens is 1. The van der Waals surface area contributed by atoms with Crippen LogP contribution in [0.5, 0.6) is 5.75 Å². The van der Waals surface area contributed by atoms with Gasteiger partial charge in [0.15, 0.2) is 0 Å². The van der Waals surface area contributed by atoms with Gasteiger partial charge in [0.1, 0.15) is 11.6 Å². The monoisotopic (exact) mass is 439 g/mol. The van der Waals surface area contributed by atoms with Gasteiger partial charge >= 0.3 is 6.03 Å². The van der Waals surface area contributed by atoms with Gasteiger partial charge in [-0.25, -0.2) is 9.18 Å². The van der Waals surface area contributed by atoms with Gasteiger partial charge in [0.25, 0.3) is 0 Å². The highest BCUT2D eigenvalue weighted by Gasteiger charge is 2.27. The first-order valence-electron chi connectivity index (χ1n) is 16.0. The Kier molecular flexibility index (Phi) is 4.26. The number of urea groups is 1. The molecule has 0 bridgehead atoms. The van der Waals surface area contributed by atoms with Crippen LogP contribution in [0.15, 0.2) is 48.4 Å². The van der Waals surface area contributed by atoms with E-state index in [0.29, 0.717) is 31.5 Å². The Balaban J connectivity index is 1.76. The summed E-state index contributed by atoms with van der Waals surface area (Å²) in [6, 6.07) is 2.02. The molecule has 3 rings (SSSR count). The van der Waals surface area contributed by atoms with Crippen LogP contribution in [0.4, 0.5) is 9.18 Å². The Hall–Kier alpha value is -2.60. The second-order valence-electron chi connectivity index (χ2n) is 7.41. The fourth-order valence-electron chi connectivity index (χ4n) is 3.33. The summed E-state index contributed by atoms with van der Waals surface area (Å²) in [7, 11) is 1.94. The maximum absolute atomic E-state index is 14.1. The number of hydrogen-bond acceptors (Lipinski definition) is 3. The molecule has 0 saturated carbocycles. The van der Waals surface area contributed by atoms with E-state index in [1.165, 1.54) is 29.2 Å². The van der Waals surface area contributed by atoms with E-state index in [9.17, 15) is 9.18 Å². The van der Waals surface area contributed by atoms with Crippen molar-refractivity contribution in [3.63, 3.8) is 0 Å². The number of carbonyl (C=O) groups excluding carboxylic acids is 1. The van der Waals surface area contributed by atoms with Crippen LogP contribution < -0.4 is 10.1 Å². The van der Waals surface area contributed by atoms with Crippen molar-refractivity contribution in [1.82, 2.24) is 15.1 Å². The van der Waals surface area contributed by atoms with Gasteiger partial charge in [-0.1, -0.05) is 37.9 Å². The van der Waals surface area contributed by atoms with Gasteiger partial charge in [-0.05, 0) is 74.2 Å². The molecule has 2 amide bonds. The fraction of sp³-hybridized carbons (Fsp3) is 0.480. The van der Waals surface area contributed by atoms with Crippen molar-refractivity contribution < 1.29 is 30.4 Å². The summed E-state index contributed by atoms with van der Waals surface area (Å²) >= 11 is 0. The second kappa shape index (κ2) is 11.1. The van der Waals surface area contributed by atoms with Crippen molar-refractivity contribution in [2.75, 3.05) is 26.7 Å². The van der Waals surface area contributed by atoms with Gasteiger partial charge in [0.2, 0.25) is 0 Å². The van der Waals surface area contributed by atoms with Crippen molar-refractivity contribution in [1.29, 1.82) is 0 Å². The number of likely N-dealkylation sites (tertiary alicyclic amines) is 1. The van der Waals surface area contributed by atoms with Crippen molar-refractivity contribution >= 4 is 6.03 Å². The first kappa shape index (κ1) is 11.9. The first-order chi connectivity index (χ1) is 19.7. The molecule has 168 valence electrons. The molecule has 0 unspecified atom stereocenters. The van der Waals surface area contributed by atoms with Crippen molar-refractivity contribution in [3.05, 3.63) is 65.4 Å². The maximum atomic E-state index is 14.1. The van der Waals surface area contributed by atoms with Crippen molar-refractivity contribution in [2.24, 2.45) is 5.92 Å². The summed E-state index contributed by atoms with van der Waals surface area (Å²) < 4.78 is 112. The van der Waals surface area contributed by atoms with E-state index in [4.69, 9.17) is 21.2 Å². The van der Waals surface area contributed by atoms with Gasteiger partial charge in [-0.3, -0.25) is 0 Å². The standard InChI is InChI=1S/C25H34FN3O2/c1-19(2)18-31-24-10-6-20(7-11-24)16-27-25(30)29(23-12-14-28(3)15-13-23)17-21-4-8-22(26)9-5-21/h4-11,19,23H,12-18H2,1-3H3,(H,27,30)/i1D3,2D3,4D,5D,8D,9D,18D2. The van der Waals surface area contributed by atoms with Gasteiger partial charge in [0.05, 0.1) is 14.8 Å². The summed E-state index contributed by atoms with van der Waals surface area (Å²) in [5.74, 6) is -3.78. The second-order valence-corrected chi connectivity index (χ2v) is 7.41. The first-order valence-corrected chi connectivity index (χ1v) is 9.99. The number of benzene rings is 2. The number of hydrogen-bond donors (Lipinski definition) is 1. The Morgan fingerprint density at radius 1 is 1.26 bits per heavy atom. The molecule has 0 radical (unpaired) electrons. The van der Waals surface area contributed by atoms with Crippen LogP contribution in [0.1, 0.15) is 54.1 Å². The predicted octanol–water partition coefficient (Wildman–Crippen LogP) is 4.67. The molecule has 0 aliphatic carbocycles. The van der Waals surface area contributed by atoms with Gasteiger partial charge in [0, 0.05) is 27.4 Å². The fourth-order valence-corrected chi connectivity index (χ4v) is 3.33. The summed E-state index contributed by atoms with van der Waals surface area (Å²) in [6.45, 7) is -8.27. The van der Waals surface area contributed by atoms with Gasteiger partial charge in [-0.2, -0.15) is 0 Å². The minimum absolute atomic E-state index is 0.0133. The van der Waals surface area contributed by atoms with Crippen LogP contribution in [0.2, 0.25) is 0 Å². The molecular weight excluding hydrogens is 393 g/mol. The molecule has 1 saturated heterocycles. The third-order valence-electron chi connectivity index (χ3n) is 5.03. The van der Waals surface area contributed by atoms with E-state index in [0.717, 1.165) is 0 Å². The zero-order valence-corrected chi connectivity index (χ0v) is 17.3. The number of amides is 2. The molecule has 2 aromatic rings. The maximum Gasteiger partial charge on any atom is 0.318 e. The molecule has 2 aromatic carbocycles. The Labute approximate surface area is 202 Å². The van der Waals surface area contributed by atoms with Crippen LogP contribution in [-0.4, -0.2) is 48.6 Å². The molecule has 1 aliphatic rings. The number of piperidine rings is 1. The van der Waals surface area contributed by atoms with Crippen LogP contribution >= 0.6 is 0 Å². The lowest BCUT2D eigenvalue weighted by Crippen LogP contribution is -2.49. The largest absolute Gasteiger partial charge is 0.493 e. The SMILES string of the molecule is [2H]c1c([2H])c(CN(C(=O)NCc2ccc(OC([2H])([2H])C(C([2H])([2H])[2H])C([2H])([2H])[2H])cc2)C2CCN(C)CC2)c([2H])c([2H])c1F. The molecule has 0 aromatic heterocycles. The number of ether oxygens (including phenoxy) is 1. The van der Waals surface area contributed by atoms with E-state index >= 15 is 0 Å².